The molecule has 514 valence electrons. The van der Waals surface area contributed by atoms with Gasteiger partial charge in [0.1, 0.15) is 68.1 Å². The second kappa shape index (κ2) is 34.2. The summed E-state index contributed by atoms with van der Waals surface area (Å²) < 4.78 is 105. The van der Waals surface area contributed by atoms with Crippen LogP contribution >= 0.6 is 0 Å². The van der Waals surface area contributed by atoms with Gasteiger partial charge >= 0.3 is 41.8 Å². The van der Waals surface area contributed by atoms with Crippen molar-refractivity contribution in [2.75, 3.05) is 53.9 Å². The highest BCUT2D eigenvalue weighted by molar-refractivity contribution is 6.02. The largest absolute Gasteiger partial charge is 0.478 e. The number of aliphatic hydroxyl groups excluding tert-OH is 2. The van der Waals surface area contributed by atoms with Crippen LogP contribution in [0.2, 0.25) is 0 Å². The third kappa shape index (κ3) is 19.1. The third-order valence-corrected chi connectivity index (χ3v) is 16.8. The smallest absolute Gasteiger partial charge is 0.339 e. The number of rotatable bonds is 28. The fourth-order valence-electron chi connectivity index (χ4n) is 11.6. The Kier molecular flexibility index (Phi) is 27.2. The van der Waals surface area contributed by atoms with Gasteiger partial charge in [0.25, 0.3) is 0 Å². The topological polar surface area (TPSA) is 337 Å². The van der Waals surface area contributed by atoms with Crippen LogP contribution < -0.4 is 0 Å². The maximum atomic E-state index is 14.7. The Bertz CT molecular complexity index is 2990. The highest BCUT2D eigenvalue weighted by Crippen LogP contribution is 2.41. The lowest BCUT2D eigenvalue weighted by molar-refractivity contribution is -0.383. The lowest BCUT2D eigenvalue weighted by Gasteiger charge is -2.51. The Morgan fingerprint density at radius 2 is 0.989 bits per heavy atom. The number of carbonyl (C=O) groups is 7. The van der Waals surface area contributed by atoms with Crippen molar-refractivity contribution in [3.05, 3.63) is 106 Å². The molecule has 0 aliphatic carbocycles. The van der Waals surface area contributed by atoms with Gasteiger partial charge in [0.05, 0.1) is 67.0 Å². The average Bonchev–Trinajstić information content (AvgIpc) is 0.769. The van der Waals surface area contributed by atoms with Crippen LogP contribution in [-0.4, -0.2) is 222 Å². The molecule has 0 spiro atoms. The van der Waals surface area contributed by atoms with E-state index in [1.54, 1.807) is 97.0 Å². The summed E-state index contributed by atoms with van der Waals surface area (Å²) in [7, 11) is 2.71. The van der Waals surface area contributed by atoms with Crippen molar-refractivity contribution in [3.63, 3.8) is 0 Å². The molecular formula is C66H88O27. The summed E-state index contributed by atoms with van der Waals surface area (Å²) in [4.78, 5) is 92.4. The summed E-state index contributed by atoms with van der Waals surface area (Å²) in [5, 5.41) is 34.3. The van der Waals surface area contributed by atoms with E-state index in [1.165, 1.54) is 45.4 Å². The molecule has 4 saturated heterocycles. The summed E-state index contributed by atoms with van der Waals surface area (Å²) in [5.41, 5.74) is 1.19. The van der Waals surface area contributed by atoms with Crippen molar-refractivity contribution in [2.24, 2.45) is 23.7 Å². The minimum atomic E-state index is -1.88. The van der Waals surface area contributed by atoms with E-state index in [0.29, 0.717) is 11.1 Å². The van der Waals surface area contributed by atoms with Gasteiger partial charge in [-0.1, -0.05) is 76.2 Å². The van der Waals surface area contributed by atoms with Crippen LogP contribution in [0.5, 0.6) is 0 Å². The summed E-state index contributed by atoms with van der Waals surface area (Å²) >= 11 is 0. The van der Waals surface area contributed by atoms with Crippen LogP contribution in [-0.2, 0) is 94.9 Å². The van der Waals surface area contributed by atoms with Crippen LogP contribution in [0.3, 0.4) is 0 Å². The fourth-order valence-corrected chi connectivity index (χ4v) is 11.6. The minimum Gasteiger partial charge on any atom is -0.478 e. The van der Waals surface area contributed by atoms with E-state index in [0.717, 1.165) is 19.4 Å². The normalized spacial score (nSPS) is 31.8. The van der Waals surface area contributed by atoms with Crippen molar-refractivity contribution in [3.8, 4) is 0 Å². The number of carboxylic acid groups (broad SMARTS) is 1. The number of esters is 6. The molecule has 22 atom stereocenters. The third-order valence-electron chi connectivity index (χ3n) is 16.8. The van der Waals surface area contributed by atoms with E-state index < -0.39 is 201 Å². The van der Waals surface area contributed by atoms with Gasteiger partial charge in [-0.05, 0) is 74.9 Å². The Morgan fingerprint density at radius 3 is 1.59 bits per heavy atom. The molecule has 3 aromatic rings. The molecule has 7 rings (SSSR count). The second-order valence-electron chi connectivity index (χ2n) is 23.9. The van der Waals surface area contributed by atoms with Gasteiger partial charge in [-0.2, -0.15) is 0 Å². The average molecular weight is 1310 g/mol. The zero-order chi connectivity index (χ0) is 68.0. The number of ether oxygens (including phenoxy) is 17. The van der Waals surface area contributed by atoms with E-state index in [9.17, 15) is 48.9 Å². The summed E-state index contributed by atoms with van der Waals surface area (Å²) in [6, 6.07) is 19.0. The minimum absolute atomic E-state index is 0.0424. The highest BCUT2D eigenvalue weighted by atomic mass is 16.8. The van der Waals surface area contributed by atoms with Gasteiger partial charge in [-0.15, -0.1) is 0 Å². The lowest BCUT2D eigenvalue weighted by Crippen LogP contribution is -2.67. The number of carboxylic acids is 1. The molecule has 22 unspecified atom stereocenters. The Balaban J connectivity index is 1.24. The van der Waals surface area contributed by atoms with Gasteiger partial charge in [0.15, 0.2) is 37.4 Å². The first-order valence-corrected chi connectivity index (χ1v) is 30.9. The van der Waals surface area contributed by atoms with E-state index >= 15 is 0 Å². The molecule has 0 radical (unpaired) electrons. The van der Waals surface area contributed by atoms with Gasteiger partial charge < -0.3 is 95.8 Å². The van der Waals surface area contributed by atoms with Crippen LogP contribution in [0.15, 0.2) is 72.8 Å². The molecule has 27 nitrogen and oxygen atoms in total. The second-order valence-corrected chi connectivity index (χ2v) is 23.9. The Morgan fingerprint density at radius 1 is 0.462 bits per heavy atom. The Hall–Kier alpha value is -6.57. The maximum Gasteiger partial charge on any atom is 0.339 e. The van der Waals surface area contributed by atoms with Gasteiger partial charge in [0.2, 0.25) is 0 Å². The van der Waals surface area contributed by atoms with Crippen molar-refractivity contribution in [1.29, 1.82) is 0 Å². The molecule has 3 N–H and O–H groups in total. The predicted molar refractivity (Wildman–Crippen MR) is 321 cm³/mol. The van der Waals surface area contributed by atoms with Crippen LogP contribution in [0, 0.1) is 37.5 Å². The maximum absolute atomic E-state index is 14.7. The van der Waals surface area contributed by atoms with E-state index in [2.05, 4.69) is 0 Å². The van der Waals surface area contributed by atoms with Crippen molar-refractivity contribution < 1.29 is 129 Å². The number of aryl methyl sites for hydroxylation is 2. The first-order chi connectivity index (χ1) is 44.2. The summed E-state index contributed by atoms with van der Waals surface area (Å²) in [6.07, 6.45) is -24.5. The number of carbonyl (C=O) groups excluding carboxylic acids is 6. The van der Waals surface area contributed by atoms with Crippen molar-refractivity contribution in [2.45, 2.75) is 187 Å². The molecule has 4 fully saturated rings. The number of hydrogen-bond donors (Lipinski definition) is 3. The molecule has 4 heterocycles. The first kappa shape index (κ1) is 73.8. The molecule has 4 aliphatic heterocycles. The monoisotopic (exact) mass is 1310 g/mol. The van der Waals surface area contributed by atoms with Gasteiger partial charge in [-0.25, -0.2) is 19.2 Å². The SMILES string of the molecule is COCC1OC(OC2C(COC(C)=O)OC(OC3C(COC(=O)c4ccccc4C)OC(OC)C(C)C3O)C(C)C2OCC(C)OC(C)=O)C(OC(C)=O)C(OC(=O)c2ccccc2C(=O)O)C1OC1OC(COCC(C)OC(=O)c2ccccc2C)C(C)C(C)C1O. The van der Waals surface area contributed by atoms with Crippen molar-refractivity contribution >= 4 is 41.8 Å². The molecule has 0 bridgehead atoms. The number of methoxy groups -OCH3 is 2. The number of benzene rings is 3. The van der Waals surface area contributed by atoms with Gasteiger partial charge in [0, 0.05) is 46.8 Å². The molecule has 27 heteroatoms. The Labute approximate surface area is 539 Å². The van der Waals surface area contributed by atoms with Crippen LogP contribution in [0.1, 0.15) is 115 Å². The van der Waals surface area contributed by atoms with Crippen LogP contribution in [0.25, 0.3) is 0 Å². The molecule has 0 saturated carbocycles. The summed E-state index contributed by atoms with van der Waals surface area (Å²) in [6.45, 7) is 15.2. The predicted octanol–water partition coefficient (Wildman–Crippen LogP) is 5.09. The molecule has 0 amide bonds. The number of aromatic carboxylic acids is 1. The standard InChI is InChI=1S/C66H88O27/c1-32-20-14-16-22-43(32)60(74)82-31-49-54(51(70)38(7)63(78-13)87-49)91-64-39(8)53(81-27-35(4)83-41(10)68)55(50(88-64)30-80-40(9)67)93-66-58(85-42(11)69)57(90-62(76)46-25-19-18-24-45(46)59(72)73)56(48(89-66)28-77-12)92-65-52(71)37(6)36(5)47(86-65)29-79-26-34(3)84-61(75)44-23-17-15-21-33(44)2/h14-25,34-39,47-58,63-66,70-71H,26-31H2,1-13H3,(H,72,73). The van der Waals surface area contributed by atoms with Crippen molar-refractivity contribution in [1.82, 2.24) is 0 Å². The van der Waals surface area contributed by atoms with E-state index in [1.807, 2.05) is 6.92 Å². The molecule has 93 heavy (non-hydrogen) atoms. The van der Waals surface area contributed by atoms with Crippen LogP contribution in [0.4, 0.5) is 0 Å². The van der Waals surface area contributed by atoms with Gasteiger partial charge in [-0.3, -0.25) is 14.4 Å². The number of aliphatic hydroxyl groups is 2. The zero-order valence-electron chi connectivity index (χ0n) is 54.5. The summed E-state index contributed by atoms with van der Waals surface area (Å²) in [5.74, 6) is -8.98. The van der Waals surface area contributed by atoms with E-state index in [-0.39, 0.29) is 31.3 Å². The first-order valence-electron chi connectivity index (χ1n) is 30.9. The molecule has 4 aliphatic rings. The fraction of sp³-hybridized carbons (Fsp3) is 0.621. The van der Waals surface area contributed by atoms with E-state index in [4.69, 9.17) is 80.5 Å². The number of hydrogen-bond acceptors (Lipinski definition) is 26. The highest BCUT2D eigenvalue weighted by Gasteiger charge is 2.58. The lowest BCUT2D eigenvalue weighted by atomic mass is 9.83. The molecule has 0 aromatic heterocycles. The molecular weight excluding hydrogens is 1220 g/mol. The molecule has 3 aromatic carbocycles. The zero-order valence-corrected chi connectivity index (χ0v) is 54.5. The quantitative estimate of drug-likeness (QED) is 0.0629.